The Morgan fingerprint density at radius 1 is 0.603 bits per heavy atom. The smallest absolute Gasteiger partial charge is 0.142 e. The van der Waals surface area contributed by atoms with Crippen LogP contribution in [0.1, 0.15) is 109 Å². The van der Waals surface area contributed by atoms with Crippen LogP contribution in [0.2, 0.25) is 20.1 Å². The second kappa shape index (κ2) is 20.2. The van der Waals surface area contributed by atoms with Crippen LogP contribution in [-0.4, -0.2) is 75.3 Å². The molecule has 0 unspecified atom stereocenters. The van der Waals surface area contributed by atoms with E-state index in [0.717, 1.165) is 85.0 Å². The number of aromatic nitrogens is 8. The SMILES string of the molecule is Cc1c(-c2cnc3[nH]cc([C@@H](CF)c4c(Cl)ccc(F)c4Cl)c3c2)cnn1C1CCC(O)CC1.Cc1c(-c2cnc3[nH]cc([C@H](CF)c4c(Cl)ccc(F)c4Cl)c3c2)cnn1C1CCC(O)CC1. The molecule has 2 aliphatic rings. The average Bonchev–Trinajstić information content (AvgIpc) is 4.15. The lowest BCUT2D eigenvalue weighted by atomic mass is 9.91. The van der Waals surface area contributed by atoms with E-state index in [4.69, 9.17) is 46.4 Å². The molecular weight excluding hydrogens is 962 g/mol. The van der Waals surface area contributed by atoms with E-state index in [2.05, 4.69) is 30.1 Å². The van der Waals surface area contributed by atoms with E-state index < -0.39 is 36.8 Å². The number of aromatic amines is 2. The number of aliphatic hydroxyl groups is 2. The average molecular weight is 1010 g/mol. The third-order valence-electron chi connectivity index (χ3n) is 13.8. The lowest BCUT2D eigenvalue weighted by Gasteiger charge is -2.26. The third kappa shape index (κ3) is 9.15. The molecule has 0 amide bonds. The molecule has 2 atom stereocenters. The normalized spacial score (nSPS) is 19.6. The first-order valence-corrected chi connectivity index (χ1v) is 24.1. The van der Waals surface area contributed by atoms with Crippen molar-refractivity contribution in [3.05, 3.63) is 139 Å². The molecule has 0 bridgehead atoms. The fraction of sp³-hybridized carbons (Fsp3) is 0.360. The molecule has 18 heteroatoms. The highest BCUT2D eigenvalue weighted by Gasteiger charge is 2.29. The quantitative estimate of drug-likeness (QED) is 0.0796. The maximum atomic E-state index is 14.3. The van der Waals surface area contributed by atoms with Crippen molar-refractivity contribution < 1.29 is 27.8 Å². The molecule has 356 valence electrons. The standard InChI is InChI=1S/2C25H24Cl2F2N4O/c2*1-13-19(12-32-33(13)15-2-4-16(34)5-3-15)14-8-17-20(11-31-25(17)30-10-14)18(9-28)23-21(26)6-7-22(29)24(23)27/h2*6-8,10-12,15-16,18,34H,2-5,9H2,1H3,(H,30,31)/t2*15?,16?,18-/m10/s1. The number of halogens is 8. The van der Waals surface area contributed by atoms with Gasteiger partial charge in [0, 0.05) is 102 Å². The van der Waals surface area contributed by atoms with Gasteiger partial charge in [-0.3, -0.25) is 18.1 Å². The van der Waals surface area contributed by atoms with Crippen molar-refractivity contribution in [2.24, 2.45) is 0 Å². The predicted octanol–water partition coefficient (Wildman–Crippen LogP) is 13.5. The van der Waals surface area contributed by atoms with Gasteiger partial charge in [0.05, 0.1) is 46.7 Å². The van der Waals surface area contributed by atoms with Crippen molar-refractivity contribution in [1.82, 2.24) is 39.5 Å². The van der Waals surface area contributed by atoms with Gasteiger partial charge in [0.15, 0.2) is 0 Å². The minimum absolute atomic E-state index is 0.177. The van der Waals surface area contributed by atoms with E-state index in [9.17, 15) is 27.8 Å². The predicted molar refractivity (Wildman–Crippen MR) is 260 cm³/mol. The van der Waals surface area contributed by atoms with Gasteiger partial charge in [0.25, 0.3) is 0 Å². The number of pyridine rings is 2. The van der Waals surface area contributed by atoms with Crippen molar-refractivity contribution in [1.29, 1.82) is 0 Å². The lowest BCUT2D eigenvalue weighted by molar-refractivity contribution is 0.107. The van der Waals surface area contributed by atoms with Crippen molar-refractivity contribution in [3.63, 3.8) is 0 Å². The van der Waals surface area contributed by atoms with Crippen molar-refractivity contribution in [2.75, 3.05) is 13.3 Å². The highest BCUT2D eigenvalue weighted by molar-refractivity contribution is 6.37. The van der Waals surface area contributed by atoms with Gasteiger partial charge < -0.3 is 20.2 Å². The van der Waals surface area contributed by atoms with E-state index in [1.807, 2.05) is 47.7 Å². The number of aliphatic hydroxyl groups excluding tert-OH is 2. The first-order valence-electron chi connectivity index (χ1n) is 22.6. The number of rotatable bonds is 10. The van der Waals surface area contributed by atoms with Gasteiger partial charge in [-0.2, -0.15) is 10.2 Å². The maximum Gasteiger partial charge on any atom is 0.142 e. The Kier molecular flexibility index (Phi) is 14.3. The highest BCUT2D eigenvalue weighted by Crippen LogP contribution is 2.43. The highest BCUT2D eigenvalue weighted by atomic mass is 35.5. The van der Waals surface area contributed by atoms with Gasteiger partial charge in [-0.25, -0.2) is 18.7 Å². The molecule has 10 nitrogen and oxygen atoms in total. The molecule has 6 aromatic heterocycles. The minimum atomic E-state index is -0.848. The molecule has 10 rings (SSSR count). The molecular formula is C50H48Cl4F4N8O2. The van der Waals surface area contributed by atoms with Crippen LogP contribution in [-0.2, 0) is 0 Å². The minimum Gasteiger partial charge on any atom is -0.393 e. The van der Waals surface area contributed by atoms with E-state index in [0.29, 0.717) is 33.2 Å². The fourth-order valence-corrected chi connectivity index (χ4v) is 11.3. The largest absolute Gasteiger partial charge is 0.393 e. The Morgan fingerprint density at radius 3 is 1.35 bits per heavy atom. The van der Waals surface area contributed by atoms with Crippen molar-refractivity contribution in [3.8, 4) is 22.3 Å². The lowest BCUT2D eigenvalue weighted by Crippen LogP contribution is -2.22. The maximum absolute atomic E-state index is 14.3. The number of H-pyrrole nitrogens is 2. The molecule has 0 saturated heterocycles. The summed E-state index contributed by atoms with van der Waals surface area (Å²) >= 11 is 25.0. The van der Waals surface area contributed by atoms with Crippen LogP contribution in [0.4, 0.5) is 17.6 Å². The summed E-state index contributed by atoms with van der Waals surface area (Å²) in [5, 5.41) is 30.4. The summed E-state index contributed by atoms with van der Waals surface area (Å²) in [7, 11) is 0. The summed E-state index contributed by atoms with van der Waals surface area (Å²) in [6.45, 7) is 2.44. The Balaban J connectivity index is 0.000000170. The summed E-state index contributed by atoms with van der Waals surface area (Å²) in [6, 6.07) is 9.52. The second-order valence-electron chi connectivity index (χ2n) is 17.8. The first-order chi connectivity index (χ1) is 32.8. The zero-order valence-corrected chi connectivity index (χ0v) is 40.1. The Morgan fingerprint density at radius 2 is 0.985 bits per heavy atom. The second-order valence-corrected chi connectivity index (χ2v) is 19.3. The van der Waals surface area contributed by atoms with Crippen LogP contribution in [0.25, 0.3) is 44.3 Å². The van der Waals surface area contributed by atoms with Gasteiger partial charge >= 0.3 is 0 Å². The molecule has 2 aromatic carbocycles. The van der Waals surface area contributed by atoms with E-state index in [1.54, 1.807) is 24.8 Å². The number of hydrogen-bond donors (Lipinski definition) is 4. The van der Waals surface area contributed by atoms with Gasteiger partial charge in [0.1, 0.15) is 36.3 Å². The van der Waals surface area contributed by atoms with Gasteiger partial charge in [0.2, 0.25) is 0 Å². The summed E-state index contributed by atoms with van der Waals surface area (Å²) in [4.78, 5) is 15.2. The first kappa shape index (κ1) is 48.1. The fourth-order valence-electron chi connectivity index (χ4n) is 10.0. The number of nitrogens with one attached hydrogen (secondary N) is 2. The van der Waals surface area contributed by atoms with Crippen LogP contribution in [0.3, 0.4) is 0 Å². The molecule has 2 saturated carbocycles. The van der Waals surface area contributed by atoms with Crippen LogP contribution in [0.5, 0.6) is 0 Å². The van der Waals surface area contributed by atoms with Crippen LogP contribution in [0, 0.1) is 25.5 Å². The van der Waals surface area contributed by atoms with Crippen LogP contribution in [0.15, 0.2) is 73.6 Å². The van der Waals surface area contributed by atoms with Gasteiger partial charge in [-0.1, -0.05) is 46.4 Å². The van der Waals surface area contributed by atoms with Gasteiger partial charge in [-0.15, -0.1) is 0 Å². The topological polar surface area (TPSA) is 133 Å². The third-order valence-corrected chi connectivity index (χ3v) is 15.2. The Bertz CT molecular complexity index is 2890. The zero-order chi connectivity index (χ0) is 48.0. The molecule has 2 fully saturated rings. The summed E-state index contributed by atoms with van der Waals surface area (Å²) in [6.07, 6.45) is 16.7. The van der Waals surface area contributed by atoms with Crippen molar-refractivity contribution in [2.45, 2.75) is 101 Å². The zero-order valence-electron chi connectivity index (χ0n) is 37.1. The molecule has 6 heterocycles. The molecule has 8 aromatic rings. The number of nitrogens with zero attached hydrogens (tertiary/aromatic N) is 6. The molecule has 0 radical (unpaired) electrons. The van der Waals surface area contributed by atoms with Gasteiger partial charge in [-0.05, 0) is 113 Å². The van der Waals surface area contributed by atoms with E-state index >= 15 is 0 Å². The van der Waals surface area contributed by atoms with Crippen LogP contribution >= 0.6 is 46.4 Å². The Labute approximate surface area is 409 Å². The van der Waals surface area contributed by atoms with Crippen molar-refractivity contribution >= 4 is 68.5 Å². The Hall–Kier alpha value is -4.96. The van der Waals surface area contributed by atoms with E-state index in [1.165, 1.54) is 24.3 Å². The molecule has 2 aliphatic carbocycles. The number of hydrogen-bond acceptors (Lipinski definition) is 6. The number of fused-ring (bicyclic) bond motifs is 2. The monoisotopic (exact) mass is 1010 g/mol. The number of benzene rings is 2. The molecule has 68 heavy (non-hydrogen) atoms. The number of alkyl halides is 2. The van der Waals surface area contributed by atoms with Crippen LogP contribution < -0.4 is 0 Å². The summed E-state index contributed by atoms with van der Waals surface area (Å²) < 4.78 is 61.1. The summed E-state index contributed by atoms with van der Waals surface area (Å²) in [5.74, 6) is -2.98. The summed E-state index contributed by atoms with van der Waals surface area (Å²) in [5.41, 5.74) is 8.43. The van der Waals surface area contributed by atoms with E-state index in [-0.39, 0.29) is 55.5 Å². The molecule has 0 spiro atoms. The molecule has 0 aliphatic heterocycles. The molecule has 4 N–H and O–H groups in total.